The van der Waals surface area contributed by atoms with Crippen LogP contribution >= 0.6 is 23.2 Å². The van der Waals surface area contributed by atoms with E-state index in [-0.39, 0.29) is 11.9 Å². The monoisotopic (exact) mass is 325 g/mol. The van der Waals surface area contributed by atoms with Crippen molar-refractivity contribution in [1.29, 1.82) is 0 Å². The Labute approximate surface area is 135 Å². The lowest BCUT2D eigenvalue weighted by atomic mass is 9.99. The molecule has 2 aromatic rings. The molecule has 112 valence electrons. The molecule has 0 radical (unpaired) electrons. The van der Waals surface area contributed by atoms with E-state index < -0.39 is 0 Å². The zero-order valence-electron chi connectivity index (χ0n) is 11.9. The predicted octanol–water partition coefficient (Wildman–Crippen LogP) is 4.90. The molecule has 0 heterocycles. The van der Waals surface area contributed by atoms with E-state index in [2.05, 4.69) is 12.2 Å². The maximum Gasteiger partial charge on any atom is 0.123 e. The number of nitrogens with one attached hydrogen (secondary N) is 1. The summed E-state index contributed by atoms with van der Waals surface area (Å²) in [7, 11) is 0. The maximum absolute atomic E-state index is 13.3. The second-order valence-electron chi connectivity index (χ2n) is 5.04. The highest BCUT2D eigenvalue weighted by atomic mass is 35.5. The fraction of sp³-hybridized carbons (Fsp3) is 0.294. The van der Waals surface area contributed by atoms with Crippen molar-refractivity contribution < 1.29 is 4.39 Å². The van der Waals surface area contributed by atoms with Gasteiger partial charge in [0.15, 0.2) is 0 Å². The zero-order chi connectivity index (χ0) is 15.2. The summed E-state index contributed by atoms with van der Waals surface area (Å²) in [4.78, 5) is 0. The summed E-state index contributed by atoms with van der Waals surface area (Å²) < 4.78 is 13.3. The molecule has 0 spiro atoms. The zero-order valence-corrected chi connectivity index (χ0v) is 13.4. The standard InChI is InChI=1S/C17H18Cl2FN/c1-2-21-15(9-12-4-3-5-14(20)8-12)10-13-6-7-16(18)17(19)11-13/h3-8,11,15,21H,2,9-10H2,1H3. The third kappa shape index (κ3) is 4.99. The van der Waals surface area contributed by atoms with Gasteiger partial charge >= 0.3 is 0 Å². The normalized spacial score (nSPS) is 12.4. The van der Waals surface area contributed by atoms with Crippen molar-refractivity contribution in [2.24, 2.45) is 0 Å². The number of benzene rings is 2. The van der Waals surface area contributed by atoms with E-state index in [1.165, 1.54) is 6.07 Å². The van der Waals surface area contributed by atoms with E-state index in [0.717, 1.165) is 30.5 Å². The third-order valence-corrected chi connectivity index (χ3v) is 4.07. The Morgan fingerprint density at radius 2 is 1.71 bits per heavy atom. The van der Waals surface area contributed by atoms with Crippen LogP contribution in [0.1, 0.15) is 18.1 Å². The van der Waals surface area contributed by atoms with Crippen LogP contribution in [0.5, 0.6) is 0 Å². The van der Waals surface area contributed by atoms with Crippen LogP contribution in [0.3, 0.4) is 0 Å². The Morgan fingerprint density at radius 1 is 1.00 bits per heavy atom. The van der Waals surface area contributed by atoms with Crippen LogP contribution in [-0.2, 0) is 12.8 Å². The van der Waals surface area contributed by atoms with Crippen LogP contribution in [0.15, 0.2) is 42.5 Å². The summed E-state index contributed by atoms with van der Waals surface area (Å²) in [6.07, 6.45) is 1.59. The molecule has 0 fully saturated rings. The molecule has 0 saturated heterocycles. The Kier molecular flexibility index (Phi) is 6.04. The number of likely N-dealkylation sites (N-methyl/N-ethyl adjacent to an activating group) is 1. The molecule has 2 aromatic carbocycles. The summed E-state index contributed by atoms with van der Waals surface area (Å²) in [5.74, 6) is -0.197. The van der Waals surface area contributed by atoms with Crippen LogP contribution in [-0.4, -0.2) is 12.6 Å². The molecule has 1 atom stereocenters. The van der Waals surface area contributed by atoms with E-state index in [0.29, 0.717) is 10.0 Å². The van der Waals surface area contributed by atoms with Gasteiger partial charge in [0.05, 0.1) is 10.0 Å². The van der Waals surface area contributed by atoms with E-state index in [9.17, 15) is 4.39 Å². The lowest BCUT2D eigenvalue weighted by Gasteiger charge is -2.18. The molecule has 0 aliphatic carbocycles. The highest BCUT2D eigenvalue weighted by Gasteiger charge is 2.11. The van der Waals surface area contributed by atoms with Gasteiger partial charge in [-0.3, -0.25) is 0 Å². The van der Waals surface area contributed by atoms with Crippen LogP contribution in [0, 0.1) is 5.82 Å². The Hall–Kier alpha value is -1.09. The molecule has 0 saturated carbocycles. The second kappa shape index (κ2) is 7.79. The minimum absolute atomic E-state index is 0.197. The fourth-order valence-corrected chi connectivity index (χ4v) is 2.73. The van der Waals surface area contributed by atoms with Crippen molar-refractivity contribution in [2.75, 3.05) is 6.54 Å². The average molecular weight is 326 g/mol. The number of hydrogen-bond donors (Lipinski definition) is 1. The minimum Gasteiger partial charge on any atom is -0.314 e. The van der Waals surface area contributed by atoms with Gasteiger partial charge in [0.2, 0.25) is 0 Å². The van der Waals surface area contributed by atoms with Gasteiger partial charge < -0.3 is 5.32 Å². The van der Waals surface area contributed by atoms with Crippen molar-refractivity contribution in [2.45, 2.75) is 25.8 Å². The van der Waals surface area contributed by atoms with Crippen LogP contribution < -0.4 is 5.32 Å². The summed E-state index contributed by atoms with van der Waals surface area (Å²) in [5.41, 5.74) is 2.10. The van der Waals surface area contributed by atoms with Crippen molar-refractivity contribution in [3.63, 3.8) is 0 Å². The van der Waals surface area contributed by atoms with E-state index in [1.807, 2.05) is 24.3 Å². The molecule has 4 heteroatoms. The Balaban J connectivity index is 2.09. The molecule has 0 aliphatic rings. The highest BCUT2D eigenvalue weighted by molar-refractivity contribution is 6.42. The maximum atomic E-state index is 13.3. The number of hydrogen-bond acceptors (Lipinski definition) is 1. The second-order valence-corrected chi connectivity index (χ2v) is 5.86. The van der Waals surface area contributed by atoms with Gasteiger partial charge in [-0.2, -0.15) is 0 Å². The molecule has 2 rings (SSSR count). The lowest BCUT2D eigenvalue weighted by Crippen LogP contribution is -2.33. The molecule has 0 amide bonds. The quantitative estimate of drug-likeness (QED) is 0.796. The third-order valence-electron chi connectivity index (χ3n) is 3.33. The molecule has 21 heavy (non-hydrogen) atoms. The largest absolute Gasteiger partial charge is 0.314 e. The summed E-state index contributed by atoms with van der Waals surface area (Å²) in [6, 6.07) is 12.6. The first kappa shape index (κ1) is 16.3. The Bertz CT molecular complexity index is 601. The minimum atomic E-state index is -0.197. The van der Waals surface area contributed by atoms with Crippen LogP contribution in [0.25, 0.3) is 0 Å². The average Bonchev–Trinajstić information content (AvgIpc) is 2.43. The smallest absolute Gasteiger partial charge is 0.123 e. The highest BCUT2D eigenvalue weighted by Crippen LogP contribution is 2.23. The fourth-order valence-electron chi connectivity index (χ4n) is 2.40. The lowest BCUT2D eigenvalue weighted by molar-refractivity contribution is 0.519. The predicted molar refractivity (Wildman–Crippen MR) is 87.7 cm³/mol. The van der Waals surface area contributed by atoms with Gasteiger partial charge in [0, 0.05) is 6.04 Å². The summed E-state index contributed by atoms with van der Waals surface area (Å²) in [6.45, 7) is 2.93. The van der Waals surface area contributed by atoms with E-state index in [1.54, 1.807) is 12.1 Å². The first-order valence-corrected chi connectivity index (χ1v) is 7.76. The molecule has 0 aromatic heterocycles. The van der Waals surface area contributed by atoms with Crippen molar-refractivity contribution in [3.8, 4) is 0 Å². The molecular weight excluding hydrogens is 308 g/mol. The molecule has 1 unspecified atom stereocenters. The van der Waals surface area contributed by atoms with Crippen LogP contribution in [0.4, 0.5) is 4.39 Å². The van der Waals surface area contributed by atoms with Gasteiger partial charge in [-0.25, -0.2) is 4.39 Å². The van der Waals surface area contributed by atoms with E-state index in [4.69, 9.17) is 23.2 Å². The molecule has 0 bridgehead atoms. The molecule has 1 N–H and O–H groups in total. The summed E-state index contributed by atoms with van der Waals surface area (Å²) >= 11 is 12.0. The van der Waals surface area contributed by atoms with Gasteiger partial charge in [-0.05, 0) is 54.8 Å². The number of rotatable bonds is 6. The molecule has 0 aliphatic heterocycles. The Morgan fingerprint density at radius 3 is 2.33 bits per heavy atom. The first-order valence-electron chi connectivity index (χ1n) is 7.00. The van der Waals surface area contributed by atoms with E-state index >= 15 is 0 Å². The van der Waals surface area contributed by atoms with Crippen molar-refractivity contribution in [3.05, 3.63) is 69.5 Å². The SMILES string of the molecule is CCNC(Cc1cccc(F)c1)Cc1ccc(Cl)c(Cl)c1. The van der Waals surface area contributed by atoms with Crippen LogP contribution in [0.2, 0.25) is 10.0 Å². The van der Waals surface area contributed by atoms with Crippen molar-refractivity contribution in [1.82, 2.24) is 5.32 Å². The first-order chi connectivity index (χ1) is 10.1. The molecular formula is C17H18Cl2FN. The van der Waals surface area contributed by atoms with Gasteiger partial charge in [0.25, 0.3) is 0 Å². The van der Waals surface area contributed by atoms with Gasteiger partial charge in [-0.1, -0.05) is 48.3 Å². The molecule has 1 nitrogen and oxygen atoms in total. The number of halogens is 3. The topological polar surface area (TPSA) is 12.0 Å². The van der Waals surface area contributed by atoms with Gasteiger partial charge in [0.1, 0.15) is 5.82 Å². The van der Waals surface area contributed by atoms with Gasteiger partial charge in [-0.15, -0.1) is 0 Å². The summed E-state index contributed by atoms with van der Waals surface area (Å²) in [5, 5.41) is 4.56. The van der Waals surface area contributed by atoms with Crippen molar-refractivity contribution >= 4 is 23.2 Å².